The van der Waals surface area contributed by atoms with E-state index in [0.29, 0.717) is 5.92 Å². The molecule has 1 amide bonds. The van der Waals surface area contributed by atoms with Crippen LogP contribution < -0.4 is 11.1 Å². The fourth-order valence-electron chi connectivity index (χ4n) is 2.82. The van der Waals surface area contributed by atoms with Crippen LogP contribution in [-0.4, -0.2) is 18.2 Å². The van der Waals surface area contributed by atoms with Gasteiger partial charge in [-0.25, -0.2) is 0 Å². The van der Waals surface area contributed by atoms with E-state index >= 15 is 0 Å². The monoisotopic (exact) mass is 303 g/mol. The predicted octanol–water partition coefficient (Wildman–Crippen LogP) is 2.81. The van der Waals surface area contributed by atoms with E-state index in [4.69, 9.17) is 11.0 Å². The fraction of sp³-hybridized carbons (Fsp3) is 0.500. The molecule has 0 spiro atoms. The van der Waals surface area contributed by atoms with Crippen LogP contribution in [0.15, 0.2) is 29.2 Å². The highest BCUT2D eigenvalue weighted by atomic mass is 32.2. The third-order valence-corrected chi connectivity index (χ3v) is 5.09. The molecule has 0 saturated heterocycles. The van der Waals surface area contributed by atoms with Gasteiger partial charge in [0.25, 0.3) is 0 Å². The number of nitrogens with two attached hydrogens (primary N) is 1. The summed E-state index contributed by atoms with van der Waals surface area (Å²) in [5, 5.41) is 11.3. The third-order valence-electron chi connectivity index (χ3n) is 3.91. The normalized spacial score (nSPS) is 21.5. The van der Waals surface area contributed by atoms with Gasteiger partial charge in [-0.05, 0) is 37.0 Å². The van der Waals surface area contributed by atoms with E-state index in [1.165, 1.54) is 6.42 Å². The molecule has 1 saturated carbocycles. The summed E-state index contributed by atoms with van der Waals surface area (Å²) in [5.74, 6) is 1.38. The van der Waals surface area contributed by atoms with Crippen LogP contribution in [0.25, 0.3) is 0 Å². The molecule has 112 valence electrons. The second-order valence-corrected chi connectivity index (χ2v) is 6.50. The number of nitrogen functional groups attached to an aromatic ring is 1. The molecule has 21 heavy (non-hydrogen) atoms. The second-order valence-electron chi connectivity index (χ2n) is 5.41. The summed E-state index contributed by atoms with van der Waals surface area (Å²) in [6, 6.07) is 9.82. The quantitative estimate of drug-likeness (QED) is 0.498. The van der Waals surface area contributed by atoms with Gasteiger partial charge in [0.05, 0.1) is 6.07 Å². The van der Waals surface area contributed by atoms with Crippen LogP contribution in [0, 0.1) is 23.2 Å². The Balaban J connectivity index is 1.92. The zero-order valence-corrected chi connectivity index (χ0v) is 12.9. The number of hydrogen-bond acceptors (Lipinski definition) is 4. The molecule has 0 radical (unpaired) electrons. The maximum absolute atomic E-state index is 12.1. The van der Waals surface area contributed by atoms with Crippen LogP contribution in [0.1, 0.15) is 25.7 Å². The maximum atomic E-state index is 12.1. The number of nitrogens with one attached hydrogen (secondary N) is 1. The largest absolute Gasteiger partial charge is 0.399 e. The summed E-state index contributed by atoms with van der Waals surface area (Å²) in [7, 11) is 0. The lowest BCUT2D eigenvalue weighted by Crippen LogP contribution is -2.37. The van der Waals surface area contributed by atoms with Crippen LogP contribution in [0.2, 0.25) is 0 Å². The first-order chi connectivity index (χ1) is 10.2. The van der Waals surface area contributed by atoms with E-state index in [2.05, 4.69) is 11.4 Å². The molecule has 0 aliphatic heterocycles. The minimum absolute atomic E-state index is 0.0365. The lowest BCUT2D eigenvalue weighted by Gasteiger charge is -2.30. The maximum Gasteiger partial charge on any atom is 0.224 e. The van der Waals surface area contributed by atoms with Crippen LogP contribution in [0.3, 0.4) is 0 Å². The van der Waals surface area contributed by atoms with E-state index < -0.39 is 0 Å². The predicted molar refractivity (Wildman–Crippen MR) is 85.6 cm³/mol. The number of carbonyl (C=O) groups excluding carboxylic acids is 1. The average molecular weight is 303 g/mol. The summed E-state index contributed by atoms with van der Waals surface area (Å²) in [5.41, 5.74) is 6.56. The van der Waals surface area contributed by atoms with Crippen molar-refractivity contribution in [3.8, 4) is 6.07 Å². The van der Waals surface area contributed by atoms with E-state index in [-0.39, 0.29) is 18.4 Å². The van der Waals surface area contributed by atoms with E-state index in [1.54, 1.807) is 11.8 Å². The lowest BCUT2D eigenvalue weighted by atomic mass is 9.80. The molecule has 1 aromatic carbocycles. The molecule has 0 bridgehead atoms. The summed E-state index contributed by atoms with van der Waals surface area (Å²) < 4.78 is 0. The summed E-state index contributed by atoms with van der Waals surface area (Å²) in [6.07, 6.45) is 4.30. The van der Waals surface area contributed by atoms with Crippen molar-refractivity contribution in [1.82, 2.24) is 5.32 Å². The van der Waals surface area contributed by atoms with Crippen molar-refractivity contribution in [3.63, 3.8) is 0 Å². The smallest absolute Gasteiger partial charge is 0.224 e. The van der Waals surface area contributed by atoms with Gasteiger partial charge in [0.2, 0.25) is 5.91 Å². The number of hydrogen-bond donors (Lipinski definition) is 2. The molecular weight excluding hydrogens is 282 g/mol. The van der Waals surface area contributed by atoms with Crippen molar-refractivity contribution >= 4 is 23.4 Å². The van der Waals surface area contributed by atoms with Crippen molar-refractivity contribution in [2.45, 2.75) is 30.6 Å². The van der Waals surface area contributed by atoms with Crippen molar-refractivity contribution in [3.05, 3.63) is 24.3 Å². The number of nitrogens with zero attached hydrogens (tertiary/aromatic N) is 1. The zero-order valence-electron chi connectivity index (χ0n) is 12.0. The van der Waals surface area contributed by atoms with Crippen LogP contribution in [-0.2, 0) is 4.79 Å². The SMILES string of the molecule is N#CCNC(=O)[C@H]1CCCC[C@@H]1CSc1cccc(N)c1. The Labute approximate surface area is 130 Å². The molecule has 1 aromatic rings. The summed E-state index contributed by atoms with van der Waals surface area (Å²) >= 11 is 1.76. The Morgan fingerprint density at radius 3 is 3.00 bits per heavy atom. The highest BCUT2D eigenvalue weighted by Crippen LogP contribution is 2.34. The first kappa shape index (κ1) is 15.7. The number of benzene rings is 1. The number of anilines is 1. The summed E-state index contributed by atoms with van der Waals surface area (Å²) in [6.45, 7) is 0.102. The van der Waals surface area contributed by atoms with Crippen molar-refractivity contribution in [1.29, 1.82) is 5.26 Å². The van der Waals surface area contributed by atoms with Crippen molar-refractivity contribution in [2.24, 2.45) is 11.8 Å². The van der Waals surface area contributed by atoms with Crippen molar-refractivity contribution < 1.29 is 4.79 Å². The molecule has 0 heterocycles. The van der Waals surface area contributed by atoms with Gasteiger partial charge >= 0.3 is 0 Å². The molecule has 3 N–H and O–H groups in total. The van der Waals surface area contributed by atoms with Crippen LogP contribution >= 0.6 is 11.8 Å². The van der Waals surface area contributed by atoms with Crippen LogP contribution in [0.4, 0.5) is 5.69 Å². The minimum atomic E-state index is 0.0365. The number of amides is 1. The van der Waals surface area contributed by atoms with Gasteiger partial charge in [-0.1, -0.05) is 18.9 Å². The van der Waals surface area contributed by atoms with Gasteiger partial charge < -0.3 is 11.1 Å². The molecule has 0 unspecified atom stereocenters. The standard InChI is InChI=1S/C16H21N3OS/c17-8-9-19-16(20)15-7-2-1-4-12(15)11-21-14-6-3-5-13(18)10-14/h3,5-6,10,12,15H,1-2,4,7,9,11,18H2,(H,19,20)/t12-,15+/m1/s1. The number of carbonyl (C=O) groups is 1. The Morgan fingerprint density at radius 1 is 1.43 bits per heavy atom. The zero-order chi connectivity index (χ0) is 15.1. The number of thioether (sulfide) groups is 1. The second kappa shape index (κ2) is 7.94. The van der Waals surface area contributed by atoms with Crippen LogP contribution in [0.5, 0.6) is 0 Å². The molecular formula is C16H21N3OS. The minimum Gasteiger partial charge on any atom is -0.399 e. The van der Waals surface area contributed by atoms with Gasteiger partial charge in [-0.3, -0.25) is 4.79 Å². The lowest BCUT2D eigenvalue weighted by molar-refractivity contribution is -0.127. The van der Waals surface area contributed by atoms with E-state index in [0.717, 1.165) is 35.6 Å². The van der Waals surface area contributed by atoms with E-state index in [9.17, 15) is 4.79 Å². The Bertz CT molecular complexity index is 526. The fourth-order valence-corrected chi connectivity index (χ4v) is 4.02. The van der Waals surface area contributed by atoms with Gasteiger partial charge in [-0.2, -0.15) is 5.26 Å². The van der Waals surface area contributed by atoms with Gasteiger partial charge in [-0.15, -0.1) is 11.8 Å². The molecule has 1 aliphatic rings. The summed E-state index contributed by atoms with van der Waals surface area (Å²) in [4.78, 5) is 13.3. The average Bonchev–Trinajstić information content (AvgIpc) is 2.51. The molecule has 0 aromatic heterocycles. The third kappa shape index (κ3) is 4.68. The molecule has 2 atom stereocenters. The first-order valence-corrected chi connectivity index (χ1v) is 8.32. The topological polar surface area (TPSA) is 78.9 Å². The molecule has 4 nitrogen and oxygen atoms in total. The number of nitriles is 1. The molecule has 1 aliphatic carbocycles. The Morgan fingerprint density at radius 2 is 2.24 bits per heavy atom. The van der Waals surface area contributed by atoms with Gasteiger partial charge in [0.1, 0.15) is 6.54 Å². The molecule has 1 fully saturated rings. The molecule has 2 rings (SSSR count). The highest BCUT2D eigenvalue weighted by molar-refractivity contribution is 7.99. The Hall–Kier alpha value is -1.67. The van der Waals surface area contributed by atoms with Crippen molar-refractivity contribution in [2.75, 3.05) is 18.0 Å². The highest BCUT2D eigenvalue weighted by Gasteiger charge is 2.30. The van der Waals surface area contributed by atoms with Gasteiger partial charge in [0, 0.05) is 22.3 Å². The van der Waals surface area contributed by atoms with E-state index in [1.807, 2.05) is 24.3 Å². The van der Waals surface area contributed by atoms with Gasteiger partial charge in [0.15, 0.2) is 0 Å². The Kier molecular flexibility index (Phi) is 5.94. The molecule has 5 heteroatoms. The first-order valence-electron chi connectivity index (χ1n) is 7.33. The number of rotatable bonds is 5.